The molecule has 3 rings (SSSR count). The molecule has 8 heteroatoms. The summed E-state index contributed by atoms with van der Waals surface area (Å²) >= 11 is 0. The van der Waals surface area contributed by atoms with Crippen LogP contribution in [0.3, 0.4) is 0 Å². The summed E-state index contributed by atoms with van der Waals surface area (Å²) in [7, 11) is -3.24. The topological polar surface area (TPSA) is 93.4 Å². The van der Waals surface area contributed by atoms with Gasteiger partial charge in [0.15, 0.2) is 15.5 Å². The number of carbonyl (C=O) groups is 1. The molecule has 0 fully saturated rings. The largest absolute Gasteiger partial charge is 0.344 e. The number of aryl methyl sites for hydroxylation is 2. The highest BCUT2D eigenvalue weighted by Crippen LogP contribution is 2.17. The Morgan fingerprint density at radius 3 is 2.42 bits per heavy atom. The minimum Gasteiger partial charge on any atom is -0.344 e. The summed E-state index contributed by atoms with van der Waals surface area (Å²) in [4.78, 5) is 17.2. The standard InChI is InChI=1S/C18H20N4O3S/c1-11-9-17-20-16(10-12(2)22(17)21-11)18(23)19-13(3)14-5-7-15(8-6-14)26(4,24)25/h5-10,13H,1-4H3,(H,19,23). The molecule has 1 aromatic carbocycles. The van der Waals surface area contributed by atoms with Crippen LogP contribution in [0.4, 0.5) is 0 Å². The smallest absolute Gasteiger partial charge is 0.270 e. The summed E-state index contributed by atoms with van der Waals surface area (Å²) < 4.78 is 24.8. The lowest BCUT2D eigenvalue weighted by Gasteiger charge is -2.15. The van der Waals surface area contributed by atoms with E-state index >= 15 is 0 Å². The summed E-state index contributed by atoms with van der Waals surface area (Å²) in [5.74, 6) is -0.297. The molecular weight excluding hydrogens is 352 g/mol. The van der Waals surface area contributed by atoms with Gasteiger partial charge in [0.25, 0.3) is 5.91 Å². The molecule has 7 nitrogen and oxygen atoms in total. The number of hydrogen-bond acceptors (Lipinski definition) is 5. The number of nitrogens with zero attached hydrogens (tertiary/aromatic N) is 3. The number of sulfone groups is 1. The minimum atomic E-state index is -3.24. The van der Waals surface area contributed by atoms with Crippen LogP contribution in [0.2, 0.25) is 0 Å². The maximum atomic E-state index is 12.6. The van der Waals surface area contributed by atoms with Gasteiger partial charge >= 0.3 is 0 Å². The third kappa shape index (κ3) is 3.60. The molecule has 0 saturated heterocycles. The van der Waals surface area contributed by atoms with Gasteiger partial charge in [-0.25, -0.2) is 17.9 Å². The van der Waals surface area contributed by atoms with E-state index in [4.69, 9.17) is 0 Å². The Labute approximate surface area is 152 Å². The van der Waals surface area contributed by atoms with E-state index in [1.165, 1.54) is 12.1 Å². The van der Waals surface area contributed by atoms with E-state index in [0.717, 1.165) is 23.2 Å². The molecule has 26 heavy (non-hydrogen) atoms. The lowest BCUT2D eigenvalue weighted by Crippen LogP contribution is -2.27. The molecule has 0 aliphatic heterocycles. The summed E-state index contributed by atoms with van der Waals surface area (Å²) in [6.07, 6.45) is 1.16. The molecule has 0 saturated carbocycles. The SMILES string of the molecule is Cc1cc2nc(C(=O)NC(C)c3ccc(S(C)(=O)=O)cc3)cc(C)n2n1. The Morgan fingerprint density at radius 1 is 1.15 bits per heavy atom. The monoisotopic (exact) mass is 372 g/mol. The predicted octanol–water partition coefficient (Wildman–Crippen LogP) is 2.24. The number of aromatic nitrogens is 3. The molecule has 1 atom stereocenters. The number of hydrogen-bond donors (Lipinski definition) is 1. The Morgan fingerprint density at radius 2 is 1.81 bits per heavy atom. The molecule has 1 N–H and O–H groups in total. The first-order chi connectivity index (χ1) is 12.1. The van der Waals surface area contributed by atoms with Gasteiger partial charge in [-0.15, -0.1) is 0 Å². The van der Waals surface area contributed by atoms with E-state index in [2.05, 4.69) is 15.4 Å². The quantitative estimate of drug-likeness (QED) is 0.758. The van der Waals surface area contributed by atoms with Crippen molar-refractivity contribution in [1.82, 2.24) is 19.9 Å². The predicted molar refractivity (Wildman–Crippen MR) is 97.9 cm³/mol. The lowest BCUT2D eigenvalue weighted by atomic mass is 10.1. The van der Waals surface area contributed by atoms with Gasteiger partial charge < -0.3 is 5.32 Å². The van der Waals surface area contributed by atoms with Gasteiger partial charge in [-0.05, 0) is 44.5 Å². The first-order valence-electron chi connectivity index (χ1n) is 8.10. The van der Waals surface area contributed by atoms with Crippen LogP contribution in [0, 0.1) is 13.8 Å². The van der Waals surface area contributed by atoms with Crippen LogP contribution < -0.4 is 5.32 Å². The van der Waals surface area contributed by atoms with E-state index in [-0.39, 0.29) is 16.8 Å². The van der Waals surface area contributed by atoms with Crippen molar-refractivity contribution in [2.75, 3.05) is 6.26 Å². The Balaban J connectivity index is 1.81. The Hall–Kier alpha value is -2.74. The second-order valence-corrected chi connectivity index (χ2v) is 8.39. The normalized spacial score (nSPS) is 12.9. The number of amides is 1. The van der Waals surface area contributed by atoms with Crippen LogP contribution in [0.25, 0.3) is 5.65 Å². The Kier molecular flexibility index (Phi) is 4.53. The zero-order valence-corrected chi connectivity index (χ0v) is 15.8. The number of nitrogens with one attached hydrogen (secondary N) is 1. The molecule has 2 heterocycles. The van der Waals surface area contributed by atoms with Crippen LogP contribution >= 0.6 is 0 Å². The molecule has 3 aromatic rings. The number of carbonyl (C=O) groups excluding carboxylic acids is 1. The van der Waals surface area contributed by atoms with Crippen molar-refractivity contribution >= 4 is 21.4 Å². The van der Waals surface area contributed by atoms with Gasteiger partial charge in [-0.2, -0.15) is 5.10 Å². The number of benzene rings is 1. The van der Waals surface area contributed by atoms with Crippen molar-refractivity contribution in [1.29, 1.82) is 0 Å². The van der Waals surface area contributed by atoms with Crippen molar-refractivity contribution in [2.45, 2.75) is 31.7 Å². The zero-order chi connectivity index (χ0) is 19.1. The van der Waals surface area contributed by atoms with Gasteiger partial charge in [-0.1, -0.05) is 12.1 Å². The molecule has 0 aliphatic carbocycles. The fraction of sp³-hybridized carbons (Fsp3) is 0.278. The van der Waals surface area contributed by atoms with Crippen molar-refractivity contribution in [3.05, 3.63) is 59.0 Å². The van der Waals surface area contributed by atoms with E-state index in [0.29, 0.717) is 11.3 Å². The van der Waals surface area contributed by atoms with Crippen LogP contribution in [0.1, 0.15) is 40.4 Å². The number of fused-ring (bicyclic) bond motifs is 1. The third-order valence-corrected chi connectivity index (χ3v) is 5.24. The van der Waals surface area contributed by atoms with Gasteiger partial charge in [0.05, 0.1) is 16.6 Å². The lowest BCUT2D eigenvalue weighted by molar-refractivity contribution is 0.0935. The highest BCUT2D eigenvalue weighted by atomic mass is 32.2. The molecular formula is C18H20N4O3S. The van der Waals surface area contributed by atoms with Crippen molar-refractivity contribution < 1.29 is 13.2 Å². The summed E-state index contributed by atoms with van der Waals surface area (Å²) in [5.41, 5.74) is 3.40. The van der Waals surface area contributed by atoms with E-state index in [9.17, 15) is 13.2 Å². The number of rotatable bonds is 4. The first-order valence-corrected chi connectivity index (χ1v) is 9.99. The van der Waals surface area contributed by atoms with Gasteiger partial charge in [-0.3, -0.25) is 4.79 Å². The molecule has 1 unspecified atom stereocenters. The summed E-state index contributed by atoms with van der Waals surface area (Å²) in [6.45, 7) is 5.57. The maximum Gasteiger partial charge on any atom is 0.270 e. The van der Waals surface area contributed by atoms with E-state index < -0.39 is 9.84 Å². The van der Waals surface area contributed by atoms with Crippen LogP contribution in [0.5, 0.6) is 0 Å². The fourth-order valence-electron chi connectivity index (χ4n) is 2.71. The molecule has 0 aliphatic rings. The van der Waals surface area contributed by atoms with Crippen LogP contribution in [-0.2, 0) is 9.84 Å². The van der Waals surface area contributed by atoms with E-state index in [1.54, 1.807) is 22.7 Å². The average molecular weight is 372 g/mol. The minimum absolute atomic E-state index is 0.249. The molecule has 136 valence electrons. The average Bonchev–Trinajstić information content (AvgIpc) is 2.95. The highest BCUT2D eigenvalue weighted by Gasteiger charge is 2.16. The van der Waals surface area contributed by atoms with Crippen molar-refractivity contribution in [2.24, 2.45) is 0 Å². The van der Waals surface area contributed by atoms with Crippen LogP contribution in [-0.4, -0.2) is 35.2 Å². The molecule has 1 amide bonds. The second-order valence-electron chi connectivity index (χ2n) is 6.37. The molecule has 0 spiro atoms. The van der Waals surface area contributed by atoms with Gasteiger partial charge in [0.2, 0.25) is 0 Å². The van der Waals surface area contributed by atoms with Gasteiger partial charge in [0.1, 0.15) is 5.69 Å². The fourth-order valence-corrected chi connectivity index (χ4v) is 3.34. The molecule has 0 radical (unpaired) electrons. The van der Waals surface area contributed by atoms with E-state index in [1.807, 2.05) is 26.8 Å². The summed E-state index contributed by atoms with van der Waals surface area (Å²) in [5, 5.41) is 7.21. The zero-order valence-electron chi connectivity index (χ0n) is 15.0. The van der Waals surface area contributed by atoms with Crippen molar-refractivity contribution in [3.8, 4) is 0 Å². The maximum absolute atomic E-state index is 12.6. The van der Waals surface area contributed by atoms with Crippen molar-refractivity contribution in [3.63, 3.8) is 0 Å². The molecule has 0 bridgehead atoms. The summed E-state index contributed by atoms with van der Waals surface area (Å²) in [6, 6.07) is 9.69. The van der Waals surface area contributed by atoms with Gasteiger partial charge in [0, 0.05) is 18.0 Å². The highest BCUT2D eigenvalue weighted by molar-refractivity contribution is 7.90. The third-order valence-electron chi connectivity index (χ3n) is 4.12. The molecule has 2 aromatic heterocycles. The first kappa shape index (κ1) is 18.1. The Bertz CT molecular complexity index is 1090. The van der Waals surface area contributed by atoms with Crippen LogP contribution in [0.15, 0.2) is 41.3 Å². The second kappa shape index (κ2) is 6.53.